The van der Waals surface area contributed by atoms with Gasteiger partial charge in [0.05, 0.1) is 19.3 Å². The molecule has 22 heavy (non-hydrogen) atoms. The van der Waals surface area contributed by atoms with Crippen molar-refractivity contribution in [1.82, 2.24) is 0 Å². The van der Waals surface area contributed by atoms with Gasteiger partial charge in [0, 0.05) is 0 Å². The topological polar surface area (TPSA) is 180 Å². The summed E-state index contributed by atoms with van der Waals surface area (Å²) < 4.78 is 10.3. The number of aliphatic hydroxyl groups excluding tert-OH is 8. The maximum absolute atomic E-state index is 9.82. The van der Waals surface area contributed by atoms with Crippen LogP contribution in [0.4, 0.5) is 0 Å². The van der Waals surface area contributed by atoms with Crippen molar-refractivity contribution in [3.63, 3.8) is 0 Å². The standard InChI is InChI=1S/C12H24O10/c1-4-7(17)9(19)10(20)12(21-4)22-11(6(16)3-14)8(18)5(15)2-13/h4-20H,2-3H2,1H3/t4-,5+,6-,7-,8+,9+,10+,11+,12-/m0/s1. The number of hydrogen-bond donors (Lipinski definition) is 8. The Bertz CT molecular complexity index is 329. The zero-order valence-electron chi connectivity index (χ0n) is 12.0. The van der Waals surface area contributed by atoms with E-state index < -0.39 is 68.3 Å². The smallest absolute Gasteiger partial charge is 0.187 e. The van der Waals surface area contributed by atoms with Gasteiger partial charge in [-0.2, -0.15) is 0 Å². The minimum absolute atomic E-state index is 0.828. The molecule has 0 radical (unpaired) electrons. The van der Waals surface area contributed by atoms with Crippen LogP contribution < -0.4 is 0 Å². The minimum atomic E-state index is -1.79. The monoisotopic (exact) mass is 328 g/mol. The number of hydrogen-bond acceptors (Lipinski definition) is 10. The molecular formula is C12H24O10. The summed E-state index contributed by atoms with van der Waals surface area (Å²) in [7, 11) is 0. The van der Waals surface area contributed by atoms with Crippen LogP contribution in [0.3, 0.4) is 0 Å². The van der Waals surface area contributed by atoms with E-state index in [-0.39, 0.29) is 0 Å². The van der Waals surface area contributed by atoms with E-state index in [1.165, 1.54) is 6.92 Å². The third kappa shape index (κ3) is 4.32. The van der Waals surface area contributed by atoms with Gasteiger partial charge in [-0.25, -0.2) is 0 Å². The molecule has 1 heterocycles. The summed E-state index contributed by atoms with van der Waals surface area (Å²) in [5.41, 5.74) is 0. The van der Waals surface area contributed by atoms with Crippen LogP contribution in [0.1, 0.15) is 6.92 Å². The SMILES string of the molecule is C[C@@H]1O[C@@H](O[C@@H]([C@H](O)[C@H](O)CO)[C@@H](O)CO)[C@H](O)[C@H](O)[C@H]1O. The fourth-order valence-electron chi connectivity index (χ4n) is 2.11. The summed E-state index contributed by atoms with van der Waals surface area (Å²) in [6, 6.07) is 0. The molecule has 0 amide bonds. The molecule has 0 aromatic carbocycles. The van der Waals surface area contributed by atoms with Gasteiger partial charge in [0.2, 0.25) is 0 Å². The first-order chi connectivity index (χ1) is 10.2. The molecule has 8 N–H and O–H groups in total. The lowest BCUT2D eigenvalue weighted by Gasteiger charge is -2.41. The molecule has 0 unspecified atom stereocenters. The Hall–Kier alpha value is -0.400. The van der Waals surface area contributed by atoms with Crippen LogP contribution in [0.25, 0.3) is 0 Å². The molecule has 1 aliphatic heterocycles. The van der Waals surface area contributed by atoms with E-state index in [1.54, 1.807) is 0 Å². The van der Waals surface area contributed by atoms with Gasteiger partial charge in [0.15, 0.2) is 6.29 Å². The van der Waals surface area contributed by atoms with E-state index in [0.29, 0.717) is 0 Å². The van der Waals surface area contributed by atoms with Gasteiger partial charge in [-0.3, -0.25) is 0 Å². The Morgan fingerprint density at radius 3 is 1.95 bits per heavy atom. The molecule has 0 aromatic rings. The fraction of sp³-hybridized carbons (Fsp3) is 1.00. The highest BCUT2D eigenvalue weighted by Gasteiger charge is 2.45. The average Bonchev–Trinajstić information content (AvgIpc) is 2.52. The van der Waals surface area contributed by atoms with Gasteiger partial charge in [-0.05, 0) is 6.92 Å². The summed E-state index contributed by atoms with van der Waals surface area (Å²) in [6.45, 7) is -0.249. The summed E-state index contributed by atoms with van der Waals surface area (Å²) in [4.78, 5) is 0. The molecule has 0 spiro atoms. The third-order valence-corrected chi connectivity index (χ3v) is 3.58. The Morgan fingerprint density at radius 2 is 1.45 bits per heavy atom. The minimum Gasteiger partial charge on any atom is -0.394 e. The van der Waals surface area contributed by atoms with Gasteiger partial charge in [0.25, 0.3) is 0 Å². The predicted molar refractivity (Wildman–Crippen MR) is 69.4 cm³/mol. The first-order valence-corrected chi connectivity index (χ1v) is 6.85. The third-order valence-electron chi connectivity index (χ3n) is 3.58. The van der Waals surface area contributed by atoms with E-state index in [9.17, 15) is 30.6 Å². The zero-order chi connectivity index (χ0) is 17.0. The molecule has 1 fully saturated rings. The molecule has 9 atom stereocenters. The quantitative estimate of drug-likeness (QED) is 0.226. The van der Waals surface area contributed by atoms with Crippen molar-refractivity contribution in [1.29, 1.82) is 0 Å². The summed E-state index contributed by atoms with van der Waals surface area (Å²) in [6.07, 6.45) is -13.8. The fourth-order valence-corrected chi connectivity index (χ4v) is 2.11. The highest BCUT2D eigenvalue weighted by Crippen LogP contribution is 2.24. The Balaban J connectivity index is 2.84. The van der Waals surface area contributed by atoms with Crippen LogP contribution in [0.5, 0.6) is 0 Å². The first-order valence-electron chi connectivity index (χ1n) is 6.85. The molecule has 0 aliphatic carbocycles. The molecule has 10 heteroatoms. The largest absolute Gasteiger partial charge is 0.394 e. The van der Waals surface area contributed by atoms with E-state index in [1.807, 2.05) is 0 Å². The van der Waals surface area contributed by atoms with Crippen LogP contribution in [-0.4, -0.2) is 109 Å². The summed E-state index contributed by atoms with van der Waals surface area (Å²) >= 11 is 0. The van der Waals surface area contributed by atoms with Crippen molar-refractivity contribution >= 4 is 0 Å². The molecule has 132 valence electrons. The van der Waals surface area contributed by atoms with Crippen molar-refractivity contribution in [3.05, 3.63) is 0 Å². The molecule has 1 saturated heterocycles. The molecule has 1 aliphatic rings. The summed E-state index contributed by atoms with van der Waals surface area (Å²) in [5, 5.41) is 75.7. The number of aliphatic hydroxyl groups is 8. The molecular weight excluding hydrogens is 304 g/mol. The van der Waals surface area contributed by atoms with Crippen LogP contribution in [0.2, 0.25) is 0 Å². The van der Waals surface area contributed by atoms with E-state index in [2.05, 4.69) is 0 Å². The second-order valence-electron chi connectivity index (χ2n) is 5.27. The van der Waals surface area contributed by atoms with Crippen molar-refractivity contribution in [3.8, 4) is 0 Å². The Kier molecular flexibility index (Phi) is 7.55. The highest BCUT2D eigenvalue weighted by molar-refractivity contribution is 4.89. The van der Waals surface area contributed by atoms with E-state index in [4.69, 9.17) is 19.7 Å². The van der Waals surface area contributed by atoms with Crippen LogP contribution in [0.15, 0.2) is 0 Å². The molecule has 1 rings (SSSR count). The molecule has 0 aromatic heterocycles. The molecule has 10 nitrogen and oxygen atoms in total. The first kappa shape index (κ1) is 19.6. The highest BCUT2D eigenvalue weighted by atomic mass is 16.7. The molecule has 0 saturated carbocycles. The van der Waals surface area contributed by atoms with Gasteiger partial charge in [-0.1, -0.05) is 0 Å². The van der Waals surface area contributed by atoms with Crippen LogP contribution >= 0.6 is 0 Å². The van der Waals surface area contributed by atoms with Gasteiger partial charge < -0.3 is 50.3 Å². The lowest BCUT2D eigenvalue weighted by molar-refractivity contribution is -0.321. The van der Waals surface area contributed by atoms with Gasteiger partial charge >= 0.3 is 0 Å². The van der Waals surface area contributed by atoms with Crippen molar-refractivity contribution in [2.24, 2.45) is 0 Å². The van der Waals surface area contributed by atoms with Crippen LogP contribution in [0, 0.1) is 0 Å². The van der Waals surface area contributed by atoms with Crippen molar-refractivity contribution in [2.45, 2.75) is 62.0 Å². The second-order valence-corrected chi connectivity index (χ2v) is 5.27. The maximum Gasteiger partial charge on any atom is 0.187 e. The zero-order valence-corrected chi connectivity index (χ0v) is 12.0. The van der Waals surface area contributed by atoms with E-state index >= 15 is 0 Å². The van der Waals surface area contributed by atoms with E-state index in [0.717, 1.165) is 0 Å². The lowest BCUT2D eigenvalue weighted by Crippen LogP contribution is -2.60. The molecule has 0 bridgehead atoms. The van der Waals surface area contributed by atoms with Gasteiger partial charge in [-0.15, -0.1) is 0 Å². The summed E-state index contributed by atoms with van der Waals surface area (Å²) in [5.74, 6) is 0. The second kappa shape index (κ2) is 8.45. The Labute approximate surface area is 126 Å². The number of ether oxygens (including phenoxy) is 2. The maximum atomic E-state index is 9.82. The average molecular weight is 328 g/mol. The van der Waals surface area contributed by atoms with Crippen LogP contribution in [-0.2, 0) is 9.47 Å². The predicted octanol–water partition coefficient (Wildman–Crippen LogP) is -4.73. The normalized spacial score (nSPS) is 38.3. The number of rotatable bonds is 7. The Morgan fingerprint density at radius 1 is 0.909 bits per heavy atom. The van der Waals surface area contributed by atoms with Crippen molar-refractivity contribution < 1.29 is 50.3 Å². The lowest BCUT2D eigenvalue weighted by atomic mass is 9.99. The van der Waals surface area contributed by atoms with Crippen molar-refractivity contribution in [2.75, 3.05) is 13.2 Å². The van der Waals surface area contributed by atoms with Gasteiger partial charge in [0.1, 0.15) is 42.7 Å².